The second kappa shape index (κ2) is 9.92. The molecule has 0 bridgehead atoms. The molecule has 1 N–H and O–H groups in total. The molecule has 0 unspecified atom stereocenters. The summed E-state index contributed by atoms with van der Waals surface area (Å²) in [7, 11) is -2.28. The Bertz CT molecular complexity index is 956. The molecule has 0 spiro atoms. The summed E-state index contributed by atoms with van der Waals surface area (Å²) in [6, 6.07) is 13.8. The molecule has 0 atom stereocenters. The Balaban J connectivity index is 2.04. The largest absolute Gasteiger partial charge is 0.495 e. The lowest BCUT2D eigenvalue weighted by Gasteiger charge is -2.23. The summed E-state index contributed by atoms with van der Waals surface area (Å²) in [4.78, 5) is 12.2. The van der Waals surface area contributed by atoms with Crippen molar-refractivity contribution in [3.63, 3.8) is 0 Å². The maximum absolute atomic E-state index is 12.2. The Kier molecular flexibility index (Phi) is 7.60. The van der Waals surface area contributed by atoms with Crippen LogP contribution in [0, 0.1) is 0 Å². The minimum Gasteiger partial charge on any atom is -0.495 e. The van der Waals surface area contributed by atoms with Crippen LogP contribution in [0.25, 0.3) is 0 Å². The minimum absolute atomic E-state index is 0.0786. The van der Waals surface area contributed by atoms with Crippen molar-refractivity contribution in [2.75, 3.05) is 24.2 Å². The van der Waals surface area contributed by atoms with Gasteiger partial charge < -0.3 is 9.47 Å². The van der Waals surface area contributed by atoms with Crippen molar-refractivity contribution in [1.82, 2.24) is 5.43 Å². The molecule has 9 heteroatoms. The molecule has 0 heterocycles. The average Bonchev–Trinajstić information content (AvgIpc) is 2.66. The predicted molar refractivity (Wildman–Crippen MR) is 113 cm³/mol. The van der Waals surface area contributed by atoms with Crippen molar-refractivity contribution in [1.29, 1.82) is 0 Å². The van der Waals surface area contributed by atoms with Gasteiger partial charge in [-0.3, -0.25) is 9.10 Å². The van der Waals surface area contributed by atoms with Gasteiger partial charge in [-0.1, -0.05) is 12.1 Å². The smallest absolute Gasteiger partial charge is 0.260 e. The third-order valence-corrected chi connectivity index (χ3v) is 4.82. The third kappa shape index (κ3) is 6.79. The first-order valence-electron chi connectivity index (χ1n) is 8.90. The summed E-state index contributed by atoms with van der Waals surface area (Å²) in [6.07, 6.45) is 2.57. The third-order valence-electron chi connectivity index (χ3n) is 3.70. The zero-order valence-electron chi connectivity index (χ0n) is 16.8. The second-order valence-corrected chi connectivity index (χ2v) is 8.38. The molecule has 0 aliphatic rings. The molecular weight excluding hydrogens is 394 g/mol. The number of methoxy groups -OCH3 is 1. The van der Waals surface area contributed by atoms with Crippen molar-refractivity contribution in [3.05, 3.63) is 54.1 Å². The lowest BCUT2D eigenvalue weighted by Crippen LogP contribution is -2.39. The molecule has 0 saturated heterocycles. The fourth-order valence-electron chi connectivity index (χ4n) is 2.47. The molecule has 0 saturated carbocycles. The quantitative estimate of drug-likeness (QED) is 0.497. The van der Waals surface area contributed by atoms with Crippen LogP contribution in [0.2, 0.25) is 0 Å². The molecule has 1 amide bonds. The normalized spacial score (nSPS) is 11.5. The fourth-order valence-corrected chi connectivity index (χ4v) is 3.33. The Labute approximate surface area is 171 Å². The van der Waals surface area contributed by atoms with Crippen molar-refractivity contribution < 1.29 is 22.7 Å². The highest BCUT2D eigenvalue weighted by Gasteiger charge is 2.23. The van der Waals surface area contributed by atoms with E-state index in [9.17, 15) is 13.2 Å². The van der Waals surface area contributed by atoms with Gasteiger partial charge in [0.25, 0.3) is 5.91 Å². The van der Waals surface area contributed by atoms with Gasteiger partial charge in [-0.25, -0.2) is 13.8 Å². The summed E-state index contributed by atoms with van der Waals surface area (Å²) >= 11 is 0. The first kappa shape index (κ1) is 22.2. The Morgan fingerprint density at radius 2 is 1.83 bits per heavy atom. The van der Waals surface area contributed by atoms with Crippen LogP contribution in [0.5, 0.6) is 11.5 Å². The van der Waals surface area contributed by atoms with Crippen LogP contribution in [0.1, 0.15) is 19.4 Å². The summed E-state index contributed by atoms with van der Waals surface area (Å²) in [6.45, 7) is 3.45. The van der Waals surface area contributed by atoms with E-state index in [4.69, 9.17) is 9.47 Å². The number of hydrazone groups is 1. The number of nitrogens with one attached hydrogen (secondary N) is 1. The van der Waals surface area contributed by atoms with Crippen LogP contribution >= 0.6 is 0 Å². The topological polar surface area (TPSA) is 97.3 Å². The number of sulfonamides is 1. The first-order chi connectivity index (χ1) is 13.7. The molecule has 156 valence electrons. The van der Waals surface area contributed by atoms with E-state index in [-0.39, 0.29) is 11.8 Å². The molecular formula is C20H25N3O5S. The van der Waals surface area contributed by atoms with Gasteiger partial charge in [0, 0.05) is 0 Å². The summed E-state index contributed by atoms with van der Waals surface area (Å²) in [5, 5.41) is 3.89. The lowest BCUT2D eigenvalue weighted by atomic mass is 10.2. The number of nitrogens with zero attached hydrogens (tertiary/aromatic N) is 2. The number of benzene rings is 2. The van der Waals surface area contributed by atoms with E-state index < -0.39 is 22.5 Å². The standard InChI is InChI=1S/C20H25N3O5S/c1-15(2)28-17-11-9-16(10-12-17)13-21-22-20(24)14-23(29(4,25)26)18-7-5-6-8-19(18)27-3/h5-13,15H,14H2,1-4H3,(H,22,24)/b21-13-. The van der Waals surface area contributed by atoms with E-state index in [0.29, 0.717) is 5.75 Å². The van der Waals surface area contributed by atoms with Crippen LogP contribution in [-0.4, -0.2) is 46.6 Å². The number of carbonyl (C=O) groups is 1. The van der Waals surface area contributed by atoms with Gasteiger partial charge in [0.1, 0.15) is 18.0 Å². The zero-order chi connectivity index (χ0) is 21.4. The van der Waals surface area contributed by atoms with Crippen LogP contribution < -0.4 is 19.2 Å². The van der Waals surface area contributed by atoms with E-state index in [1.807, 2.05) is 13.8 Å². The molecule has 2 aromatic carbocycles. The number of carbonyl (C=O) groups excluding carboxylic acids is 1. The van der Waals surface area contributed by atoms with E-state index in [1.165, 1.54) is 13.3 Å². The number of amides is 1. The second-order valence-electron chi connectivity index (χ2n) is 6.47. The van der Waals surface area contributed by atoms with Gasteiger partial charge in [0.2, 0.25) is 10.0 Å². The molecule has 2 rings (SSSR count). The fraction of sp³-hybridized carbons (Fsp3) is 0.300. The summed E-state index contributed by atoms with van der Waals surface area (Å²) in [5.74, 6) is 0.497. The maximum atomic E-state index is 12.2. The van der Waals surface area contributed by atoms with Crippen LogP contribution in [0.4, 0.5) is 5.69 Å². The molecule has 0 aromatic heterocycles. The molecule has 2 aromatic rings. The van der Waals surface area contributed by atoms with Crippen LogP contribution in [0.15, 0.2) is 53.6 Å². The highest BCUT2D eigenvalue weighted by atomic mass is 32.2. The van der Waals surface area contributed by atoms with Gasteiger partial charge in [-0.2, -0.15) is 5.10 Å². The highest BCUT2D eigenvalue weighted by Crippen LogP contribution is 2.29. The zero-order valence-corrected chi connectivity index (χ0v) is 17.6. The van der Waals surface area contributed by atoms with Gasteiger partial charge >= 0.3 is 0 Å². The minimum atomic E-state index is -3.71. The average molecular weight is 420 g/mol. The van der Waals surface area contributed by atoms with Crippen molar-refractivity contribution >= 4 is 27.8 Å². The number of hydrogen-bond donors (Lipinski definition) is 1. The van der Waals surface area contributed by atoms with E-state index >= 15 is 0 Å². The first-order valence-corrected chi connectivity index (χ1v) is 10.7. The lowest BCUT2D eigenvalue weighted by molar-refractivity contribution is -0.119. The summed E-state index contributed by atoms with van der Waals surface area (Å²) < 4.78 is 36.1. The van der Waals surface area contributed by atoms with Crippen molar-refractivity contribution in [3.8, 4) is 11.5 Å². The van der Waals surface area contributed by atoms with E-state index in [1.54, 1.807) is 48.5 Å². The van der Waals surface area contributed by atoms with Crippen molar-refractivity contribution in [2.45, 2.75) is 20.0 Å². The van der Waals surface area contributed by atoms with Gasteiger partial charge in [-0.05, 0) is 55.8 Å². The number of ether oxygens (including phenoxy) is 2. The number of rotatable bonds is 9. The Hall–Kier alpha value is -3.07. The van der Waals surface area contributed by atoms with Gasteiger partial charge in [0.15, 0.2) is 0 Å². The van der Waals surface area contributed by atoms with E-state index in [0.717, 1.165) is 21.9 Å². The van der Waals surface area contributed by atoms with E-state index in [2.05, 4.69) is 10.5 Å². The molecule has 0 radical (unpaired) electrons. The highest BCUT2D eigenvalue weighted by molar-refractivity contribution is 7.92. The van der Waals surface area contributed by atoms with Gasteiger partial charge in [0.05, 0.1) is 31.4 Å². The molecule has 29 heavy (non-hydrogen) atoms. The molecule has 0 aliphatic carbocycles. The number of anilines is 1. The number of hydrogen-bond acceptors (Lipinski definition) is 6. The monoisotopic (exact) mass is 419 g/mol. The SMILES string of the molecule is COc1ccccc1N(CC(=O)N/N=C\c1ccc(OC(C)C)cc1)S(C)(=O)=O. The molecule has 8 nitrogen and oxygen atoms in total. The Morgan fingerprint density at radius 1 is 1.17 bits per heavy atom. The van der Waals surface area contributed by atoms with Crippen LogP contribution in [0.3, 0.4) is 0 Å². The number of para-hydroxylation sites is 2. The molecule has 0 fully saturated rings. The maximum Gasteiger partial charge on any atom is 0.260 e. The van der Waals surface area contributed by atoms with Crippen LogP contribution in [-0.2, 0) is 14.8 Å². The van der Waals surface area contributed by atoms with Gasteiger partial charge in [-0.15, -0.1) is 0 Å². The summed E-state index contributed by atoms with van der Waals surface area (Å²) in [5.41, 5.74) is 3.37. The Morgan fingerprint density at radius 3 is 2.41 bits per heavy atom. The predicted octanol–water partition coefficient (Wildman–Crippen LogP) is 2.40. The molecule has 0 aliphatic heterocycles. The van der Waals surface area contributed by atoms with Crippen molar-refractivity contribution in [2.24, 2.45) is 5.10 Å².